The van der Waals surface area contributed by atoms with Crippen molar-refractivity contribution >= 4 is 23.4 Å². The van der Waals surface area contributed by atoms with Gasteiger partial charge in [0.05, 0.1) is 11.1 Å². The highest BCUT2D eigenvalue weighted by Gasteiger charge is 2.33. The van der Waals surface area contributed by atoms with Gasteiger partial charge >= 0.3 is 11.7 Å². The summed E-state index contributed by atoms with van der Waals surface area (Å²) in [5, 5.41) is 1.90. The molecule has 1 aromatic heterocycles. The number of rotatable bonds is 3. The monoisotopic (exact) mass is 382 g/mol. The van der Waals surface area contributed by atoms with Crippen LogP contribution in [0.2, 0.25) is 0 Å². The number of aromatic amines is 1. The van der Waals surface area contributed by atoms with Crippen LogP contribution in [0, 0.1) is 0 Å². The molecule has 0 spiro atoms. The molecular weight excluding hydrogens is 374 g/mol. The summed E-state index contributed by atoms with van der Waals surface area (Å²) in [6.07, 6.45) is -4.35. The van der Waals surface area contributed by atoms with Crippen molar-refractivity contribution in [3.8, 4) is 0 Å². The first-order valence-corrected chi connectivity index (χ1v) is 7.25. The van der Waals surface area contributed by atoms with E-state index >= 15 is 0 Å². The van der Waals surface area contributed by atoms with Gasteiger partial charge in [-0.3, -0.25) is 9.59 Å². The van der Waals surface area contributed by atoms with Crippen molar-refractivity contribution in [2.75, 3.05) is 5.32 Å². The van der Waals surface area contributed by atoms with E-state index in [4.69, 9.17) is 0 Å². The Bertz CT molecular complexity index is 844. The van der Waals surface area contributed by atoms with Gasteiger partial charge in [0.2, 0.25) is 0 Å². The van der Waals surface area contributed by atoms with Crippen molar-refractivity contribution in [1.82, 2.24) is 4.98 Å². The molecule has 0 fully saturated rings. The van der Waals surface area contributed by atoms with E-state index in [1.165, 1.54) is 12.1 Å². The lowest BCUT2D eigenvalue weighted by molar-refractivity contribution is -0.137. The van der Waals surface area contributed by atoms with Gasteiger partial charge in [-0.25, -0.2) is 0 Å². The van der Waals surface area contributed by atoms with Gasteiger partial charge in [-0.05, 0) is 30.0 Å². The molecule has 0 aliphatic carbocycles. The smallest absolute Gasteiger partial charge is 0.327 e. The molecule has 0 saturated carbocycles. The molecule has 0 aliphatic rings. The number of H-pyrrole nitrogens is 1. The molecule has 0 unspecified atom stereocenters. The van der Waals surface area contributed by atoms with Crippen LogP contribution < -0.4 is 10.9 Å². The summed E-state index contributed by atoms with van der Waals surface area (Å²) in [5.41, 5.74) is -8.07. The van der Waals surface area contributed by atoms with Crippen LogP contribution in [0.1, 0.15) is 15.9 Å². The fourth-order valence-corrected chi connectivity index (χ4v) is 2.46. The molecule has 25 heavy (non-hydrogen) atoms. The summed E-state index contributed by atoms with van der Waals surface area (Å²) in [6, 6.07) is 5.04. The summed E-state index contributed by atoms with van der Waals surface area (Å²) in [7, 11) is 0. The largest absolute Gasteiger partial charge is 0.446 e. The molecule has 1 amide bonds. The Labute approximate surface area is 140 Å². The second kappa shape index (κ2) is 6.82. The first kappa shape index (κ1) is 18.9. The minimum absolute atomic E-state index is 0.399. The Balaban J connectivity index is 2.34. The van der Waals surface area contributed by atoms with Crippen molar-refractivity contribution in [3.05, 3.63) is 58.0 Å². The molecule has 0 aliphatic heterocycles. The molecule has 134 valence electrons. The SMILES string of the molecule is O=C(Nc1cc(C(F)(F)F)c[nH]c1=O)c1ccccc1SC(F)(F)F. The fourth-order valence-electron chi connectivity index (χ4n) is 1.80. The molecular formula is C14H8F6N2O2S. The number of halogens is 6. The normalized spacial score (nSPS) is 12.1. The molecule has 11 heteroatoms. The number of amides is 1. The highest BCUT2D eigenvalue weighted by Crippen LogP contribution is 2.38. The van der Waals surface area contributed by atoms with Gasteiger partial charge in [0.1, 0.15) is 5.69 Å². The zero-order valence-corrected chi connectivity index (χ0v) is 12.8. The third-order valence-electron chi connectivity index (χ3n) is 2.84. The van der Waals surface area contributed by atoms with Crippen molar-refractivity contribution in [2.45, 2.75) is 16.6 Å². The van der Waals surface area contributed by atoms with E-state index in [0.29, 0.717) is 12.3 Å². The average molecular weight is 382 g/mol. The van der Waals surface area contributed by atoms with Gasteiger partial charge in [0, 0.05) is 11.1 Å². The number of pyridine rings is 1. The molecule has 1 aromatic carbocycles. The van der Waals surface area contributed by atoms with Crippen molar-refractivity contribution < 1.29 is 31.1 Å². The fraction of sp³-hybridized carbons (Fsp3) is 0.143. The molecule has 4 nitrogen and oxygen atoms in total. The second-order valence-corrected chi connectivity index (χ2v) is 5.73. The lowest BCUT2D eigenvalue weighted by atomic mass is 10.2. The standard InChI is InChI=1S/C14H8F6N2O2S/c15-13(16,17)7-5-9(12(24)21-6-7)22-11(23)8-3-1-2-4-10(8)25-14(18,19)20/h1-6H,(H,21,24)(H,22,23). The average Bonchev–Trinajstić information content (AvgIpc) is 2.47. The highest BCUT2D eigenvalue weighted by molar-refractivity contribution is 8.00. The molecule has 2 N–H and O–H groups in total. The van der Waals surface area contributed by atoms with E-state index in [1.54, 1.807) is 0 Å². The maximum Gasteiger partial charge on any atom is 0.446 e. The highest BCUT2D eigenvalue weighted by atomic mass is 32.2. The van der Waals surface area contributed by atoms with Gasteiger partial charge in [-0.1, -0.05) is 12.1 Å². The second-order valence-electron chi connectivity index (χ2n) is 4.63. The first-order valence-electron chi connectivity index (χ1n) is 6.43. The number of alkyl halides is 6. The minimum atomic E-state index is -4.77. The van der Waals surface area contributed by atoms with E-state index in [9.17, 15) is 35.9 Å². The number of carbonyl (C=O) groups is 1. The number of aromatic nitrogens is 1. The van der Waals surface area contributed by atoms with E-state index < -0.39 is 56.6 Å². The quantitative estimate of drug-likeness (QED) is 0.616. The first-order chi connectivity index (χ1) is 11.5. The number of hydrogen-bond donors (Lipinski definition) is 2. The third-order valence-corrected chi connectivity index (χ3v) is 3.64. The van der Waals surface area contributed by atoms with Crippen LogP contribution in [-0.2, 0) is 6.18 Å². The molecule has 0 saturated heterocycles. The van der Waals surface area contributed by atoms with Crippen molar-refractivity contribution in [1.29, 1.82) is 0 Å². The Morgan fingerprint density at radius 2 is 1.72 bits per heavy atom. The van der Waals surface area contributed by atoms with E-state index in [2.05, 4.69) is 0 Å². The number of hydrogen-bond acceptors (Lipinski definition) is 3. The van der Waals surface area contributed by atoms with Crippen LogP contribution in [0.15, 0.2) is 46.2 Å². The van der Waals surface area contributed by atoms with E-state index in [0.717, 1.165) is 12.1 Å². The van der Waals surface area contributed by atoms with Gasteiger partial charge in [0.25, 0.3) is 11.5 Å². The summed E-state index contributed by atoms with van der Waals surface area (Å²) < 4.78 is 75.5. The minimum Gasteiger partial charge on any atom is -0.327 e. The van der Waals surface area contributed by atoms with E-state index in [-0.39, 0.29) is 0 Å². The maximum absolute atomic E-state index is 12.6. The Morgan fingerprint density at radius 3 is 2.32 bits per heavy atom. The number of carbonyl (C=O) groups excluding carboxylic acids is 1. The molecule has 0 atom stereocenters. The zero-order chi connectivity index (χ0) is 18.8. The van der Waals surface area contributed by atoms with Crippen molar-refractivity contribution in [3.63, 3.8) is 0 Å². The lowest BCUT2D eigenvalue weighted by Gasteiger charge is -2.12. The number of benzene rings is 1. The summed E-state index contributed by atoms with van der Waals surface area (Å²) >= 11 is -0.549. The number of anilines is 1. The van der Waals surface area contributed by atoms with Gasteiger partial charge in [0.15, 0.2) is 0 Å². The summed E-state index contributed by atoms with van der Waals surface area (Å²) in [5.74, 6) is -1.14. The molecule has 2 rings (SSSR count). The van der Waals surface area contributed by atoms with Gasteiger partial charge < -0.3 is 10.3 Å². The van der Waals surface area contributed by atoms with Gasteiger partial charge in [-0.2, -0.15) is 26.3 Å². The Morgan fingerprint density at radius 1 is 1.08 bits per heavy atom. The van der Waals surface area contributed by atoms with Gasteiger partial charge in [-0.15, -0.1) is 0 Å². The summed E-state index contributed by atoms with van der Waals surface area (Å²) in [6.45, 7) is 0. The lowest BCUT2D eigenvalue weighted by Crippen LogP contribution is -2.22. The van der Waals surface area contributed by atoms with Crippen LogP contribution in [0.25, 0.3) is 0 Å². The maximum atomic E-state index is 12.6. The number of nitrogens with one attached hydrogen (secondary N) is 2. The van der Waals surface area contributed by atoms with E-state index in [1.807, 2.05) is 10.3 Å². The molecule has 0 radical (unpaired) electrons. The summed E-state index contributed by atoms with van der Waals surface area (Å²) in [4.78, 5) is 25.0. The molecule has 1 heterocycles. The predicted octanol–water partition coefficient (Wildman–Crippen LogP) is 4.26. The number of thioether (sulfide) groups is 1. The van der Waals surface area contributed by atoms with Crippen LogP contribution in [-0.4, -0.2) is 16.4 Å². The zero-order valence-electron chi connectivity index (χ0n) is 12.0. The van der Waals surface area contributed by atoms with Crippen LogP contribution in [0.3, 0.4) is 0 Å². The predicted molar refractivity (Wildman–Crippen MR) is 78.4 cm³/mol. The van der Waals surface area contributed by atoms with Crippen LogP contribution in [0.5, 0.6) is 0 Å². The van der Waals surface area contributed by atoms with Crippen LogP contribution >= 0.6 is 11.8 Å². The Hall–Kier alpha value is -2.43. The van der Waals surface area contributed by atoms with Crippen molar-refractivity contribution in [2.24, 2.45) is 0 Å². The van der Waals surface area contributed by atoms with Crippen LogP contribution in [0.4, 0.5) is 32.0 Å². The Kier molecular flexibility index (Phi) is 5.16. The molecule has 0 bridgehead atoms. The molecule has 2 aromatic rings. The third kappa shape index (κ3) is 5.02. The topological polar surface area (TPSA) is 62.0 Å².